The van der Waals surface area contributed by atoms with Crippen LogP contribution in [0.15, 0.2) is 466 Å². The van der Waals surface area contributed by atoms with Crippen LogP contribution >= 0.6 is 56.8 Å². The summed E-state index contributed by atoms with van der Waals surface area (Å²) in [6.45, 7) is 0. The van der Waals surface area contributed by atoms with Crippen molar-refractivity contribution in [2.24, 2.45) is 0 Å². The van der Waals surface area contributed by atoms with Crippen LogP contribution < -0.4 is 45.9 Å². The van der Waals surface area contributed by atoms with Gasteiger partial charge in [-0.15, -0.1) is 0 Å². The van der Waals surface area contributed by atoms with Crippen LogP contribution in [0.4, 0.5) is 34.1 Å². The number of anilines is 3. The van der Waals surface area contributed by atoms with Gasteiger partial charge < -0.3 is 20.9 Å². The van der Waals surface area contributed by atoms with E-state index in [9.17, 15) is 86.0 Å². The molecular formula is C98H76ClI2N6NaO19S6. The van der Waals surface area contributed by atoms with Gasteiger partial charge in [0.2, 0.25) is 55.6 Å². The number of nitrogens with one attached hydrogen (secondary N) is 2. The van der Waals surface area contributed by atoms with Crippen LogP contribution in [0.3, 0.4) is 0 Å². The maximum absolute atomic E-state index is 12.8. The van der Waals surface area contributed by atoms with Crippen molar-refractivity contribution < 1.29 is 100.0 Å². The molecule has 0 spiro atoms. The number of nitro benzene ring substituents is 3. The summed E-state index contributed by atoms with van der Waals surface area (Å²) < 4.78 is 148. The van der Waals surface area contributed by atoms with Crippen LogP contribution in [0.1, 0.15) is 0 Å². The summed E-state index contributed by atoms with van der Waals surface area (Å²) in [5.74, 6) is 0. The molecule has 0 bridgehead atoms. The zero-order valence-electron chi connectivity index (χ0n) is 70.1. The fourth-order valence-corrected chi connectivity index (χ4v) is 21.1. The maximum atomic E-state index is 12.8. The molecule has 1 unspecified atom stereocenters. The summed E-state index contributed by atoms with van der Waals surface area (Å²) >= 11 is 7.36. The molecule has 670 valence electrons. The van der Waals surface area contributed by atoms with Crippen molar-refractivity contribution in [2.75, 3.05) is 23.4 Å². The first-order valence-corrected chi connectivity index (χ1v) is 50.0. The van der Waals surface area contributed by atoms with Crippen molar-refractivity contribution in [3.63, 3.8) is 0 Å². The van der Waals surface area contributed by atoms with Gasteiger partial charge in [-0.25, -0.2) is 42.1 Å². The summed E-state index contributed by atoms with van der Waals surface area (Å²) in [6, 6.07) is 115. The number of carbonyl (C=O) groups is 1. The first kappa shape index (κ1) is 104. The van der Waals surface area contributed by atoms with E-state index in [0.717, 1.165) is 42.5 Å². The molecule has 0 aliphatic rings. The van der Waals surface area contributed by atoms with Gasteiger partial charge in [-0.1, -0.05) is 266 Å². The molecule has 4 N–H and O–H groups in total. The maximum Gasteiger partial charge on any atom is 1.00 e. The van der Waals surface area contributed by atoms with Crippen LogP contribution in [0, 0.1) is 37.5 Å². The molecule has 0 fully saturated rings. The molecular weight excluding hydrogens is 2070 g/mol. The zero-order chi connectivity index (χ0) is 95.2. The number of nitrogen functional groups attached to an aromatic ring is 1. The number of nitro groups is 3. The Kier molecular flexibility index (Phi) is 38.5. The van der Waals surface area contributed by atoms with E-state index in [-0.39, 0.29) is 95.7 Å². The second-order valence-corrected chi connectivity index (χ2v) is 40.9. The molecule has 1 amide bonds. The van der Waals surface area contributed by atoms with Crippen molar-refractivity contribution in [1.29, 1.82) is 0 Å². The minimum Gasteiger partial charge on any atom is -0.768 e. The molecule has 0 heterocycles. The number of hydrogen-bond acceptors (Lipinski definition) is 21. The molecule has 0 aliphatic carbocycles. The second-order valence-electron chi connectivity index (χ2n) is 27.4. The van der Waals surface area contributed by atoms with Crippen molar-refractivity contribution >= 4 is 158 Å². The number of nitrogens with two attached hydrogens (primary N) is 1. The molecule has 16 aromatic rings. The quantitative estimate of drug-likeness (QED) is 0.0114. The smallest absolute Gasteiger partial charge is 0.768 e. The topological polar surface area (TPSA) is 407 Å². The van der Waals surface area contributed by atoms with Crippen LogP contribution in [-0.4, -0.2) is 79.1 Å². The Balaban J connectivity index is 0.000000177. The second kappa shape index (κ2) is 49.2. The molecule has 35 heteroatoms. The fourth-order valence-electron chi connectivity index (χ4n) is 12.5. The number of benzene rings is 16. The first-order valence-electron chi connectivity index (χ1n) is 38.9. The normalized spacial score (nSPS) is 11.1. The Morgan fingerprint density at radius 1 is 0.316 bits per heavy atom. The predicted molar refractivity (Wildman–Crippen MR) is 528 cm³/mol. The van der Waals surface area contributed by atoms with Gasteiger partial charge in [0, 0.05) is 37.3 Å². The third-order valence-electron chi connectivity index (χ3n) is 18.9. The number of nitrogens with zero attached hydrogens (tertiary/aromatic N) is 3. The zero-order valence-corrected chi connectivity index (χ0v) is 82.1. The third-order valence-corrected chi connectivity index (χ3v) is 30.4. The number of halogens is 3. The van der Waals surface area contributed by atoms with Gasteiger partial charge in [-0.05, 0) is 240 Å². The summed E-state index contributed by atoms with van der Waals surface area (Å²) in [4.78, 5) is 42.8. The first-order chi connectivity index (χ1) is 63.2. The summed E-state index contributed by atoms with van der Waals surface area (Å²) in [7, 11) is -17.0. The molecule has 0 radical (unpaired) electrons. The third kappa shape index (κ3) is 28.0. The molecule has 0 aromatic heterocycles. The Labute approximate surface area is 825 Å². The van der Waals surface area contributed by atoms with Crippen molar-refractivity contribution in [1.82, 2.24) is 0 Å². The van der Waals surface area contributed by atoms with E-state index >= 15 is 0 Å². The number of rotatable bonds is 21. The van der Waals surface area contributed by atoms with E-state index in [1.165, 1.54) is 84.9 Å². The molecule has 1 atom stereocenters. The minimum absolute atomic E-state index is 0. The number of carbonyl (C=O) groups excluding carboxylic acids is 1. The average Bonchev–Trinajstić information content (AvgIpc) is 0.776. The van der Waals surface area contributed by atoms with Crippen molar-refractivity contribution in [3.05, 3.63) is 455 Å². The van der Waals surface area contributed by atoms with E-state index in [4.69, 9.17) is 17.3 Å². The van der Waals surface area contributed by atoms with Gasteiger partial charge >= 0.3 is 29.6 Å². The summed E-state index contributed by atoms with van der Waals surface area (Å²) in [5, 5.41) is 38.4. The van der Waals surface area contributed by atoms with Crippen molar-refractivity contribution in [2.45, 2.75) is 53.9 Å². The Hall–Kier alpha value is -12.6. The van der Waals surface area contributed by atoms with E-state index in [0.29, 0.717) is 31.0 Å². The summed E-state index contributed by atoms with van der Waals surface area (Å²) in [6.07, 6.45) is 0.480. The van der Waals surface area contributed by atoms with E-state index < -0.39 is 86.4 Å². The van der Waals surface area contributed by atoms with Crippen LogP contribution in [0.2, 0.25) is 5.02 Å². The molecule has 0 aliphatic heterocycles. The SMILES string of the molecule is CNc1cc(-c2ccccc2)ccc1S(=O)(=O)c1ccccc1.Nc1cc(-c2ccccc2)ccc1S(=O)(=O)c1ccccc1.O=CNc1cc(-c2ccccc2)ccc1S(=O)(=O)c1ccccc1.O=S([O-])c1ccccc1.O=[N+]([O-])c1cc(-c2ccccc2)ccc1S(=O)(=O)c1ccccc1.O=[N+]([O-])c1cc(I)ccc1Cl.O=[N+]([O-])c1cc(I)ccc1S(=O)(=O)c1ccccc1.[Na+]. The van der Waals surface area contributed by atoms with Gasteiger partial charge in [0.15, 0.2) is 0 Å². The van der Waals surface area contributed by atoms with Gasteiger partial charge in [0.1, 0.15) is 14.8 Å². The largest absolute Gasteiger partial charge is 1.00 e. The average molecular weight is 2150 g/mol. The molecule has 16 rings (SSSR count). The van der Waals surface area contributed by atoms with Gasteiger partial charge in [-0.3, -0.25) is 39.3 Å². The molecule has 25 nitrogen and oxygen atoms in total. The van der Waals surface area contributed by atoms with Gasteiger partial charge in [0.05, 0.1) is 71.0 Å². The number of sulfone groups is 5. The Morgan fingerprint density at radius 3 is 0.865 bits per heavy atom. The molecule has 133 heavy (non-hydrogen) atoms. The van der Waals surface area contributed by atoms with E-state index in [1.54, 1.807) is 201 Å². The predicted octanol–water partition coefficient (Wildman–Crippen LogP) is 19.7. The van der Waals surface area contributed by atoms with Gasteiger partial charge in [-0.2, -0.15) is 0 Å². The van der Waals surface area contributed by atoms with Crippen molar-refractivity contribution in [3.8, 4) is 44.5 Å². The number of amides is 1. The molecule has 0 saturated heterocycles. The van der Waals surface area contributed by atoms with Crippen LogP contribution in [-0.2, 0) is 65.1 Å². The molecule has 16 aromatic carbocycles. The van der Waals surface area contributed by atoms with Crippen LogP contribution in [0.25, 0.3) is 44.5 Å². The minimum atomic E-state index is -3.96. The van der Waals surface area contributed by atoms with Gasteiger partial charge in [0.25, 0.3) is 17.1 Å². The van der Waals surface area contributed by atoms with E-state index in [1.807, 2.05) is 179 Å². The Bertz CT molecular complexity index is 7360. The standard InChI is InChI=1S/C19H15NO3S.C19H17NO2S.C18H13NO4S.C18H15NO2S.C12H8INO4S.C6H3ClINO2.C6H6O2S.Na/c21-14-20-18-13-16(15-7-3-1-4-8-15)11-12-19(18)24(22,23)17-9-5-2-6-10-17;1-20-18-14-16(15-8-4-2-5-9-15)12-13-19(18)23(21,22)17-10-6-3-7-11-17;20-19(21)17-13-15(14-7-3-1-4-8-14)11-12-18(17)24(22,23)16-9-5-2-6-10-16;19-17-13-15(14-7-3-1-4-8-14)11-12-18(17)22(20,21)16-9-5-2-6-10-16;13-9-6-7-12(11(8-9)14(15)16)19(17,18)10-4-2-1-3-5-10;7-5-2-1-4(8)3-6(5)9(10)11;7-9(8)6-4-2-1-3-5-6;/h1-14H,(H,20,21);2-14,20H,1H3;1-13H;1-13H,19H2;1-8H;1-3H;1-5H,(H,7,8);/q;;;;;;;+1/p-1. The van der Waals surface area contributed by atoms with E-state index in [2.05, 4.69) is 10.6 Å². The number of hydrogen-bond donors (Lipinski definition) is 3. The fraction of sp³-hybridized carbons (Fsp3) is 0.0102. The van der Waals surface area contributed by atoms with Crippen LogP contribution in [0.5, 0.6) is 0 Å². The monoisotopic (exact) mass is 2140 g/mol. The Morgan fingerprint density at radius 2 is 0.564 bits per heavy atom. The molecule has 0 saturated carbocycles. The summed E-state index contributed by atoms with van der Waals surface area (Å²) in [5.41, 5.74) is 13.3.